The summed E-state index contributed by atoms with van der Waals surface area (Å²) in [6.45, 7) is 3.83. The molecular formula is C31H28ClF3N10O4. The maximum absolute atomic E-state index is 14.1. The number of fused-ring (bicyclic) bond motifs is 1. The maximum atomic E-state index is 14.1. The number of rotatable bonds is 7. The normalized spacial score (nSPS) is 13.6. The molecule has 254 valence electrons. The lowest BCUT2D eigenvalue weighted by Crippen LogP contribution is -2.50. The molecule has 5 aromatic rings. The number of aryl methyl sites for hydroxylation is 1. The van der Waals surface area contributed by atoms with E-state index in [1.807, 2.05) is 4.90 Å². The van der Waals surface area contributed by atoms with Crippen molar-refractivity contribution in [1.82, 2.24) is 39.4 Å². The van der Waals surface area contributed by atoms with E-state index in [-0.39, 0.29) is 83.8 Å². The molecule has 0 unspecified atom stereocenters. The largest absolute Gasteiger partial charge is 0.504 e. The number of hydrogen-bond acceptors (Lipinski definition) is 10. The molecule has 49 heavy (non-hydrogen) atoms. The van der Waals surface area contributed by atoms with Crippen molar-refractivity contribution in [2.24, 2.45) is 0 Å². The zero-order valence-corrected chi connectivity index (χ0v) is 26.8. The zero-order valence-electron chi connectivity index (χ0n) is 26.1. The SMILES string of the molecule is CCc1c(N2CCN(C(=O)c3ncnc(C)c3O)CC2)c(=O)c2nn(-c3ccncc3)nc2n1CC(=O)Nc1ccc(C(F)(F)F)cc1Cl. The first-order valence-electron chi connectivity index (χ1n) is 15.0. The highest BCUT2D eigenvalue weighted by Gasteiger charge is 2.32. The summed E-state index contributed by atoms with van der Waals surface area (Å²) in [5.41, 5.74) is 0.0427. The molecule has 0 atom stereocenters. The lowest BCUT2D eigenvalue weighted by atomic mass is 10.1. The van der Waals surface area contributed by atoms with Crippen molar-refractivity contribution in [3.63, 3.8) is 0 Å². The van der Waals surface area contributed by atoms with E-state index in [9.17, 15) is 32.7 Å². The third-order valence-electron chi connectivity index (χ3n) is 8.07. The Hall–Kier alpha value is -5.58. The van der Waals surface area contributed by atoms with Gasteiger partial charge in [0.25, 0.3) is 5.91 Å². The van der Waals surface area contributed by atoms with E-state index in [0.717, 1.165) is 18.2 Å². The van der Waals surface area contributed by atoms with Crippen LogP contribution in [0.5, 0.6) is 5.75 Å². The number of hydrogen-bond donors (Lipinski definition) is 2. The van der Waals surface area contributed by atoms with Crippen molar-refractivity contribution >= 4 is 46.0 Å². The number of piperazine rings is 1. The van der Waals surface area contributed by atoms with Crippen molar-refractivity contribution in [2.75, 3.05) is 36.4 Å². The van der Waals surface area contributed by atoms with Gasteiger partial charge in [0.05, 0.1) is 27.7 Å². The fraction of sp³-hybridized carbons (Fsp3) is 0.290. The van der Waals surface area contributed by atoms with E-state index in [1.54, 1.807) is 30.5 Å². The Kier molecular flexibility index (Phi) is 8.94. The second-order valence-corrected chi connectivity index (χ2v) is 11.5. The Morgan fingerprint density at radius 3 is 2.41 bits per heavy atom. The summed E-state index contributed by atoms with van der Waals surface area (Å²) < 4.78 is 41.0. The molecule has 2 N–H and O–H groups in total. The van der Waals surface area contributed by atoms with Gasteiger partial charge in [-0.1, -0.05) is 18.5 Å². The Balaban J connectivity index is 1.36. The number of carbonyl (C=O) groups is 2. The average molecular weight is 697 g/mol. The van der Waals surface area contributed by atoms with Gasteiger partial charge in [0.15, 0.2) is 22.6 Å². The van der Waals surface area contributed by atoms with Crippen LogP contribution in [0.15, 0.2) is 53.8 Å². The predicted molar refractivity (Wildman–Crippen MR) is 172 cm³/mol. The molecule has 0 spiro atoms. The van der Waals surface area contributed by atoms with E-state index in [4.69, 9.17) is 11.6 Å². The van der Waals surface area contributed by atoms with Crippen LogP contribution in [0.3, 0.4) is 0 Å². The summed E-state index contributed by atoms with van der Waals surface area (Å²) in [6.07, 6.45) is -0.0725. The van der Waals surface area contributed by atoms with Gasteiger partial charge < -0.3 is 24.8 Å². The first-order chi connectivity index (χ1) is 23.4. The van der Waals surface area contributed by atoms with Crippen molar-refractivity contribution in [3.05, 3.63) is 86.9 Å². The fourth-order valence-electron chi connectivity index (χ4n) is 5.61. The monoisotopic (exact) mass is 696 g/mol. The minimum Gasteiger partial charge on any atom is -0.504 e. The highest BCUT2D eigenvalue weighted by atomic mass is 35.5. The van der Waals surface area contributed by atoms with Crippen LogP contribution in [0, 0.1) is 6.92 Å². The van der Waals surface area contributed by atoms with Gasteiger partial charge in [-0.3, -0.25) is 19.4 Å². The van der Waals surface area contributed by atoms with Gasteiger partial charge in [-0.2, -0.15) is 13.2 Å². The van der Waals surface area contributed by atoms with Gasteiger partial charge in [-0.05, 0) is 43.7 Å². The molecule has 5 heterocycles. The number of carbonyl (C=O) groups excluding carboxylic acids is 2. The molecule has 1 saturated heterocycles. The van der Waals surface area contributed by atoms with Crippen LogP contribution in [-0.2, 0) is 23.9 Å². The van der Waals surface area contributed by atoms with Gasteiger partial charge >= 0.3 is 6.18 Å². The first-order valence-corrected chi connectivity index (χ1v) is 15.4. The third-order valence-corrected chi connectivity index (χ3v) is 8.39. The number of aromatic hydroxyl groups is 1. The molecule has 0 bridgehead atoms. The van der Waals surface area contributed by atoms with E-state index >= 15 is 0 Å². The number of nitrogens with one attached hydrogen (secondary N) is 1. The standard InChI is InChI=1S/C31H28ClF3N10O4/c1-3-22-26(42-10-12-43(13-11-42)30(49)25-27(47)17(2)37-16-38-25)28(48)24-29(41-45(40-24)19-6-8-36-9-7-19)44(22)15-23(46)39-21-5-4-18(14-20(21)32)31(33,34)35/h4-9,14,16,47H,3,10-13,15H2,1-2H3,(H,39,46). The summed E-state index contributed by atoms with van der Waals surface area (Å²) in [5, 5.41) is 21.6. The number of halogens is 4. The van der Waals surface area contributed by atoms with Crippen LogP contribution in [-0.4, -0.2) is 82.5 Å². The Morgan fingerprint density at radius 1 is 1.04 bits per heavy atom. The Labute approximate surface area is 280 Å². The maximum Gasteiger partial charge on any atom is 0.416 e. The zero-order chi connectivity index (χ0) is 35.0. The van der Waals surface area contributed by atoms with Gasteiger partial charge in [-0.15, -0.1) is 15.0 Å². The summed E-state index contributed by atoms with van der Waals surface area (Å²) in [4.78, 5) is 57.2. The molecule has 0 saturated carbocycles. The number of anilines is 2. The summed E-state index contributed by atoms with van der Waals surface area (Å²) in [6, 6.07) is 5.89. The average Bonchev–Trinajstić information content (AvgIpc) is 3.54. The molecule has 14 nitrogen and oxygen atoms in total. The molecule has 4 aromatic heterocycles. The van der Waals surface area contributed by atoms with Gasteiger partial charge in [0, 0.05) is 44.3 Å². The molecule has 0 radical (unpaired) electrons. The third kappa shape index (κ3) is 6.48. The van der Waals surface area contributed by atoms with Crippen molar-refractivity contribution in [3.8, 4) is 11.4 Å². The molecule has 1 aliphatic heterocycles. The second-order valence-electron chi connectivity index (χ2n) is 11.1. The quantitative estimate of drug-likeness (QED) is 0.257. The van der Waals surface area contributed by atoms with Gasteiger partial charge in [0.1, 0.15) is 18.6 Å². The molecular weight excluding hydrogens is 669 g/mol. The number of amides is 2. The van der Waals surface area contributed by atoms with E-state index in [1.165, 1.54) is 28.4 Å². The number of benzene rings is 1. The van der Waals surface area contributed by atoms with E-state index in [0.29, 0.717) is 11.4 Å². The summed E-state index contributed by atoms with van der Waals surface area (Å²) >= 11 is 6.10. The van der Waals surface area contributed by atoms with Crippen LogP contribution >= 0.6 is 11.6 Å². The van der Waals surface area contributed by atoms with E-state index < -0.39 is 29.0 Å². The lowest BCUT2D eigenvalue weighted by molar-refractivity contribution is -0.137. The van der Waals surface area contributed by atoms with Crippen molar-refractivity contribution in [2.45, 2.75) is 33.0 Å². The highest BCUT2D eigenvalue weighted by Crippen LogP contribution is 2.34. The topological polar surface area (TPSA) is 164 Å². The van der Waals surface area contributed by atoms with Crippen LogP contribution in [0.2, 0.25) is 5.02 Å². The minimum atomic E-state index is -4.61. The van der Waals surface area contributed by atoms with Crippen molar-refractivity contribution in [1.29, 1.82) is 0 Å². The van der Waals surface area contributed by atoms with Crippen LogP contribution in [0.25, 0.3) is 16.9 Å². The van der Waals surface area contributed by atoms with Gasteiger partial charge in [-0.25, -0.2) is 9.97 Å². The summed E-state index contributed by atoms with van der Waals surface area (Å²) in [7, 11) is 0. The number of pyridine rings is 2. The molecule has 1 aromatic carbocycles. The minimum absolute atomic E-state index is 0.0238. The lowest BCUT2D eigenvalue weighted by Gasteiger charge is -2.36. The van der Waals surface area contributed by atoms with Gasteiger partial charge in [0.2, 0.25) is 11.3 Å². The molecule has 1 aliphatic rings. The smallest absolute Gasteiger partial charge is 0.416 e. The number of nitrogens with zero attached hydrogens (tertiary/aromatic N) is 9. The van der Waals surface area contributed by atoms with Crippen LogP contribution < -0.4 is 15.6 Å². The molecule has 2 amide bonds. The van der Waals surface area contributed by atoms with Crippen LogP contribution in [0.1, 0.15) is 34.4 Å². The highest BCUT2D eigenvalue weighted by molar-refractivity contribution is 6.33. The van der Waals surface area contributed by atoms with Crippen LogP contribution in [0.4, 0.5) is 24.5 Å². The predicted octanol–water partition coefficient (Wildman–Crippen LogP) is 3.62. The summed E-state index contributed by atoms with van der Waals surface area (Å²) in [5.74, 6) is -1.42. The number of aromatic nitrogens is 7. The van der Waals surface area contributed by atoms with E-state index in [2.05, 4.69) is 30.5 Å². The first kappa shape index (κ1) is 33.3. The Morgan fingerprint density at radius 2 is 1.76 bits per heavy atom. The molecule has 6 rings (SSSR count). The molecule has 0 aliphatic carbocycles. The molecule has 1 fully saturated rings. The molecule has 18 heteroatoms. The second kappa shape index (κ2) is 13.1. The Bertz CT molecular complexity index is 2130. The van der Waals surface area contributed by atoms with Crippen molar-refractivity contribution < 1.29 is 27.9 Å². The number of alkyl halides is 3. The fourth-order valence-corrected chi connectivity index (χ4v) is 5.83.